The molecular formula is C12H13NO2. The van der Waals surface area contributed by atoms with Crippen molar-refractivity contribution in [1.82, 2.24) is 0 Å². The van der Waals surface area contributed by atoms with Crippen LogP contribution in [-0.2, 0) is 16.1 Å². The van der Waals surface area contributed by atoms with Crippen molar-refractivity contribution in [3.05, 3.63) is 35.4 Å². The number of carbonyl (C=O) groups is 1. The van der Waals surface area contributed by atoms with Gasteiger partial charge >= 0.3 is 0 Å². The smallest absolute Gasteiger partial charge is 0.151 e. The number of benzene rings is 1. The molecule has 0 heterocycles. The van der Waals surface area contributed by atoms with E-state index in [2.05, 4.69) is 0 Å². The molecule has 0 aromatic heterocycles. The van der Waals surface area contributed by atoms with Crippen LogP contribution in [0.3, 0.4) is 0 Å². The van der Waals surface area contributed by atoms with Gasteiger partial charge < -0.3 is 4.74 Å². The van der Waals surface area contributed by atoms with Crippen LogP contribution in [0.2, 0.25) is 0 Å². The van der Waals surface area contributed by atoms with E-state index in [4.69, 9.17) is 10.00 Å². The maximum Gasteiger partial charge on any atom is 0.151 e. The Morgan fingerprint density at radius 2 is 2.20 bits per heavy atom. The molecule has 0 aliphatic rings. The fraction of sp³-hybridized carbons (Fsp3) is 0.333. The van der Waals surface area contributed by atoms with E-state index in [1.807, 2.05) is 24.3 Å². The van der Waals surface area contributed by atoms with Crippen molar-refractivity contribution >= 4 is 5.78 Å². The Hall–Kier alpha value is -1.66. The molecule has 1 aromatic rings. The Bertz CT molecular complexity index is 393. The molecule has 0 saturated heterocycles. The molecule has 0 saturated carbocycles. The topological polar surface area (TPSA) is 50.1 Å². The molecule has 0 amide bonds. The second-order valence-corrected chi connectivity index (χ2v) is 3.30. The van der Waals surface area contributed by atoms with Crippen molar-refractivity contribution < 1.29 is 9.53 Å². The van der Waals surface area contributed by atoms with Crippen LogP contribution in [0.4, 0.5) is 0 Å². The summed E-state index contributed by atoms with van der Waals surface area (Å²) in [5.41, 5.74) is 1.64. The molecule has 3 nitrogen and oxygen atoms in total. The van der Waals surface area contributed by atoms with E-state index >= 15 is 0 Å². The minimum Gasteiger partial charge on any atom is -0.380 e. The van der Waals surface area contributed by atoms with Gasteiger partial charge in [0, 0.05) is 7.11 Å². The highest BCUT2D eigenvalue weighted by Crippen LogP contribution is 2.21. The first-order valence-electron chi connectivity index (χ1n) is 4.67. The van der Waals surface area contributed by atoms with Crippen molar-refractivity contribution in [3.8, 4) is 6.07 Å². The lowest BCUT2D eigenvalue weighted by molar-refractivity contribution is -0.117. The van der Waals surface area contributed by atoms with E-state index < -0.39 is 5.92 Å². The Morgan fingerprint density at radius 1 is 1.53 bits per heavy atom. The molecular weight excluding hydrogens is 190 g/mol. The number of ketones is 1. The third kappa shape index (κ3) is 2.64. The lowest BCUT2D eigenvalue weighted by Gasteiger charge is -2.11. The quantitative estimate of drug-likeness (QED) is 0.752. The first-order chi connectivity index (χ1) is 7.20. The van der Waals surface area contributed by atoms with Crippen molar-refractivity contribution in [2.45, 2.75) is 19.4 Å². The molecule has 15 heavy (non-hydrogen) atoms. The van der Waals surface area contributed by atoms with Gasteiger partial charge in [-0.1, -0.05) is 24.3 Å². The van der Waals surface area contributed by atoms with Gasteiger partial charge in [0.2, 0.25) is 0 Å². The highest BCUT2D eigenvalue weighted by molar-refractivity contribution is 5.86. The van der Waals surface area contributed by atoms with E-state index in [0.717, 1.165) is 11.1 Å². The molecule has 0 fully saturated rings. The van der Waals surface area contributed by atoms with Crippen molar-refractivity contribution in [2.24, 2.45) is 0 Å². The number of methoxy groups -OCH3 is 1. The van der Waals surface area contributed by atoms with E-state index in [9.17, 15) is 4.79 Å². The van der Waals surface area contributed by atoms with Crippen LogP contribution in [-0.4, -0.2) is 12.9 Å². The van der Waals surface area contributed by atoms with Gasteiger partial charge in [-0.2, -0.15) is 5.26 Å². The number of hydrogen-bond donors (Lipinski definition) is 0. The van der Waals surface area contributed by atoms with Crippen molar-refractivity contribution in [2.75, 3.05) is 7.11 Å². The van der Waals surface area contributed by atoms with Gasteiger partial charge in [-0.25, -0.2) is 0 Å². The molecule has 0 radical (unpaired) electrons. The van der Waals surface area contributed by atoms with Gasteiger partial charge in [0.25, 0.3) is 0 Å². The summed E-state index contributed by atoms with van der Waals surface area (Å²) in [5, 5.41) is 8.93. The zero-order valence-electron chi connectivity index (χ0n) is 8.86. The Kier molecular flexibility index (Phi) is 4.02. The Labute approximate surface area is 89.3 Å². The number of nitriles is 1. The van der Waals surface area contributed by atoms with Gasteiger partial charge in [0.1, 0.15) is 5.92 Å². The number of nitrogens with zero attached hydrogens (tertiary/aromatic N) is 1. The normalized spacial score (nSPS) is 11.8. The number of ether oxygens (including phenoxy) is 1. The summed E-state index contributed by atoms with van der Waals surface area (Å²) in [4.78, 5) is 11.3. The van der Waals surface area contributed by atoms with E-state index in [1.54, 1.807) is 13.2 Å². The highest BCUT2D eigenvalue weighted by atomic mass is 16.5. The van der Waals surface area contributed by atoms with Gasteiger partial charge in [-0.05, 0) is 18.1 Å². The molecule has 1 aromatic carbocycles. The van der Waals surface area contributed by atoms with Gasteiger partial charge in [0.05, 0.1) is 12.7 Å². The zero-order chi connectivity index (χ0) is 11.3. The minimum atomic E-state index is -0.684. The zero-order valence-corrected chi connectivity index (χ0v) is 8.86. The standard InChI is InChI=1S/C12H13NO2/c1-9(14)12(7-13)11-6-4-3-5-10(11)8-15-2/h3-6,12H,8H2,1-2H3. The second kappa shape index (κ2) is 5.28. The predicted octanol–water partition coefficient (Wildman–Crippen LogP) is 2.03. The SMILES string of the molecule is COCc1ccccc1C(C#N)C(C)=O. The lowest BCUT2D eigenvalue weighted by Crippen LogP contribution is -2.09. The summed E-state index contributed by atoms with van der Waals surface area (Å²) in [5.74, 6) is -0.822. The summed E-state index contributed by atoms with van der Waals surface area (Å²) in [6.45, 7) is 1.85. The third-order valence-electron chi connectivity index (χ3n) is 2.20. The number of Topliss-reactive ketones (excluding diaryl/α,β-unsaturated/α-hetero) is 1. The van der Waals surface area contributed by atoms with Crippen molar-refractivity contribution in [1.29, 1.82) is 5.26 Å². The summed E-state index contributed by atoms with van der Waals surface area (Å²) >= 11 is 0. The molecule has 0 aliphatic carbocycles. The van der Waals surface area contributed by atoms with E-state index in [-0.39, 0.29) is 5.78 Å². The van der Waals surface area contributed by atoms with Gasteiger partial charge in [0.15, 0.2) is 5.78 Å². The fourth-order valence-corrected chi connectivity index (χ4v) is 1.48. The molecule has 0 bridgehead atoms. The summed E-state index contributed by atoms with van der Waals surface area (Å²) in [6.07, 6.45) is 0. The second-order valence-electron chi connectivity index (χ2n) is 3.30. The summed E-state index contributed by atoms with van der Waals surface area (Å²) < 4.78 is 5.02. The molecule has 1 atom stereocenters. The molecule has 1 rings (SSSR count). The van der Waals surface area contributed by atoms with Crippen LogP contribution in [0.15, 0.2) is 24.3 Å². The van der Waals surface area contributed by atoms with Crippen LogP contribution in [0.25, 0.3) is 0 Å². The van der Waals surface area contributed by atoms with Gasteiger partial charge in [-0.15, -0.1) is 0 Å². The molecule has 0 aliphatic heterocycles. The van der Waals surface area contributed by atoms with Crippen LogP contribution < -0.4 is 0 Å². The molecule has 0 N–H and O–H groups in total. The monoisotopic (exact) mass is 203 g/mol. The fourth-order valence-electron chi connectivity index (χ4n) is 1.48. The number of carbonyl (C=O) groups excluding carboxylic acids is 1. The highest BCUT2D eigenvalue weighted by Gasteiger charge is 2.18. The van der Waals surface area contributed by atoms with E-state index in [1.165, 1.54) is 6.92 Å². The molecule has 1 unspecified atom stereocenters. The number of hydrogen-bond acceptors (Lipinski definition) is 3. The lowest BCUT2D eigenvalue weighted by atomic mass is 9.93. The Balaban J connectivity index is 3.12. The van der Waals surface area contributed by atoms with Gasteiger partial charge in [-0.3, -0.25) is 4.79 Å². The largest absolute Gasteiger partial charge is 0.380 e. The van der Waals surface area contributed by atoms with Crippen molar-refractivity contribution in [3.63, 3.8) is 0 Å². The van der Waals surface area contributed by atoms with E-state index in [0.29, 0.717) is 6.61 Å². The van der Waals surface area contributed by atoms with Crippen LogP contribution >= 0.6 is 0 Å². The predicted molar refractivity (Wildman–Crippen MR) is 56.2 cm³/mol. The maximum atomic E-state index is 11.3. The Morgan fingerprint density at radius 3 is 2.73 bits per heavy atom. The first-order valence-corrected chi connectivity index (χ1v) is 4.67. The average Bonchev–Trinajstić information content (AvgIpc) is 2.21. The minimum absolute atomic E-state index is 0.138. The van der Waals surface area contributed by atoms with Crippen LogP contribution in [0, 0.1) is 11.3 Å². The third-order valence-corrected chi connectivity index (χ3v) is 2.20. The summed E-state index contributed by atoms with van der Waals surface area (Å²) in [6, 6.07) is 9.36. The van der Waals surface area contributed by atoms with Crippen LogP contribution in [0.1, 0.15) is 24.0 Å². The molecule has 0 spiro atoms. The average molecular weight is 203 g/mol. The van der Waals surface area contributed by atoms with Crippen LogP contribution in [0.5, 0.6) is 0 Å². The summed E-state index contributed by atoms with van der Waals surface area (Å²) in [7, 11) is 1.59. The maximum absolute atomic E-state index is 11.3. The molecule has 78 valence electrons. The molecule has 3 heteroatoms. The first kappa shape index (κ1) is 11.4. The number of rotatable bonds is 4.